The number of carbonyl (C=O) groups excluding carboxylic acids is 1. The summed E-state index contributed by atoms with van der Waals surface area (Å²) in [4.78, 5) is 12.5. The summed E-state index contributed by atoms with van der Waals surface area (Å²) in [5, 5.41) is 8.74. The summed E-state index contributed by atoms with van der Waals surface area (Å²) >= 11 is 0. The summed E-state index contributed by atoms with van der Waals surface area (Å²) in [6, 6.07) is 0.228. The molecule has 1 rings (SSSR count). The quantitative estimate of drug-likeness (QED) is 0.575. The molecular weight excluding hydrogens is 130 g/mol. The number of hydrogen-bond donors (Lipinski definition) is 1. The maximum atomic E-state index is 11.0. The van der Waals surface area contributed by atoms with Crippen LogP contribution in [0, 0.1) is 0 Å². The molecule has 1 saturated heterocycles. The summed E-state index contributed by atoms with van der Waals surface area (Å²) in [5.74, 6) is 0.0845. The molecule has 1 aliphatic heterocycles. The first-order valence-corrected chi connectivity index (χ1v) is 3.66. The van der Waals surface area contributed by atoms with Gasteiger partial charge < -0.3 is 10.0 Å². The molecule has 1 N–H and O–H groups in total. The summed E-state index contributed by atoms with van der Waals surface area (Å²) in [6.07, 6.45) is 2.59. The highest BCUT2D eigenvalue weighted by Crippen LogP contribution is 2.16. The second-order valence-corrected chi connectivity index (χ2v) is 2.75. The van der Waals surface area contributed by atoms with E-state index in [9.17, 15) is 4.79 Å². The molecule has 0 aromatic rings. The van der Waals surface area contributed by atoms with E-state index in [2.05, 4.69) is 0 Å². The van der Waals surface area contributed by atoms with Gasteiger partial charge in [0.25, 0.3) is 0 Å². The molecule has 3 nitrogen and oxygen atoms in total. The predicted molar refractivity (Wildman–Crippen MR) is 37.2 cm³/mol. The van der Waals surface area contributed by atoms with E-state index in [1.165, 1.54) is 4.90 Å². The van der Waals surface area contributed by atoms with Crippen LogP contribution in [0.5, 0.6) is 0 Å². The second kappa shape index (κ2) is 3.01. The van der Waals surface area contributed by atoms with Crippen molar-refractivity contribution in [2.75, 3.05) is 6.73 Å². The van der Waals surface area contributed by atoms with Gasteiger partial charge in [-0.15, -0.1) is 0 Å². The van der Waals surface area contributed by atoms with Crippen LogP contribution in [0.2, 0.25) is 0 Å². The number of carbonyl (C=O) groups is 1. The molecule has 10 heavy (non-hydrogen) atoms. The Labute approximate surface area is 60.6 Å². The van der Waals surface area contributed by atoms with Gasteiger partial charge in [-0.25, -0.2) is 0 Å². The molecule has 0 spiro atoms. The molecule has 1 atom stereocenters. The van der Waals surface area contributed by atoms with Crippen molar-refractivity contribution in [3.63, 3.8) is 0 Å². The molecule has 0 aromatic heterocycles. The standard InChI is InChI=1S/C7H13NO2/c1-6-3-2-4-7(10)8(6)5-9/h6,9H,2-5H2,1H3. The minimum Gasteiger partial charge on any atom is -0.376 e. The van der Waals surface area contributed by atoms with E-state index < -0.39 is 0 Å². The van der Waals surface area contributed by atoms with Gasteiger partial charge in [0.05, 0.1) is 0 Å². The normalized spacial score (nSPS) is 27.2. The first-order chi connectivity index (χ1) is 4.75. The topological polar surface area (TPSA) is 40.5 Å². The number of aliphatic hydroxyl groups is 1. The average Bonchev–Trinajstić information content (AvgIpc) is 1.88. The Morgan fingerprint density at radius 3 is 2.90 bits per heavy atom. The van der Waals surface area contributed by atoms with Crippen molar-refractivity contribution in [1.82, 2.24) is 4.90 Å². The molecule has 0 aliphatic carbocycles. The molecular formula is C7H13NO2. The number of likely N-dealkylation sites (tertiary alicyclic amines) is 1. The van der Waals surface area contributed by atoms with E-state index in [0.29, 0.717) is 6.42 Å². The molecule has 1 fully saturated rings. The minimum atomic E-state index is -0.125. The van der Waals surface area contributed by atoms with Crippen LogP contribution in [-0.4, -0.2) is 28.7 Å². The minimum absolute atomic E-state index is 0.0845. The second-order valence-electron chi connectivity index (χ2n) is 2.75. The summed E-state index contributed by atoms with van der Waals surface area (Å²) < 4.78 is 0. The van der Waals surface area contributed by atoms with Gasteiger partial charge in [0, 0.05) is 12.5 Å². The van der Waals surface area contributed by atoms with Crippen LogP contribution in [0.3, 0.4) is 0 Å². The Kier molecular flexibility index (Phi) is 2.27. The first kappa shape index (κ1) is 7.54. The summed E-state index contributed by atoms with van der Waals surface area (Å²) in [7, 11) is 0. The van der Waals surface area contributed by atoms with Gasteiger partial charge in [0.2, 0.25) is 5.91 Å². The molecule has 0 radical (unpaired) electrons. The zero-order valence-electron chi connectivity index (χ0n) is 6.21. The Hall–Kier alpha value is -0.570. The van der Waals surface area contributed by atoms with Crippen molar-refractivity contribution in [2.24, 2.45) is 0 Å². The van der Waals surface area contributed by atoms with Crippen LogP contribution >= 0.6 is 0 Å². The van der Waals surface area contributed by atoms with Crippen LogP contribution in [-0.2, 0) is 4.79 Å². The Balaban J connectivity index is 2.53. The van der Waals surface area contributed by atoms with Gasteiger partial charge in [-0.3, -0.25) is 4.79 Å². The SMILES string of the molecule is CC1CCCC(=O)N1CO. The van der Waals surface area contributed by atoms with Crippen molar-refractivity contribution < 1.29 is 9.90 Å². The third kappa shape index (κ3) is 1.29. The highest BCUT2D eigenvalue weighted by molar-refractivity contribution is 5.77. The molecule has 1 aliphatic rings. The monoisotopic (exact) mass is 143 g/mol. The molecule has 0 aromatic carbocycles. The van der Waals surface area contributed by atoms with E-state index in [0.717, 1.165) is 12.8 Å². The number of piperidine rings is 1. The number of aliphatic hydroxyl groups excluding tert-OH is 1. The number of hydrogen-bond acceptors (Lipinski definition) is 2. The third-order valence-corrected chi connectivity index (χ3v) is 2.02. The molecule has 1 heterocycles. The molecule has 58 valence electrons. The number of rotatable bonds is 1. The van der Waals surface area contributed by atoms with Crippen LogP contribution in [0.1, 0.15) is 26.2 Å². The zero-order valence-corrected chi connectivity index (χ0v) is 6.21. The van der Waals surface area contributed by atoms with Crippen molar-refractivity contribution in [3.05, 3.63) is 0 Å². The maximum Gasteiger partial charge on any atom is 0.224 e. The van der Waals surface area contributed by atoms with E-state index in [-0.39, 0.29) is 18.7 Å². The van der Waals surface area contributed by atoms with E-state index >= 15 is 0 Å². The van der Waals surface area contributed by atoms with Crippen LogP contribution in [0.25, 0.3) is 0 Å². The fraction of sp³-hybridized carbons (Fsp3) is 0.857. The van der Waals surface area contributed by atoms with Crippen LogP contribution < -0.4 is 0 Å². The average molecular weight is 143 g/mol. The zero-order chi connectivity index (χ0) is 7.56. The van der Waals surface area contributed by atoms with Crippen molar-refractivity contribution in [1.29, 1.82) is 0 Å². The fourth-order valence-corrected chi connectivity index (χ4v) is 1.31. The summed E-state index contributed by atoms with van der Waals surface area (Å²) in [6.45, 7) is 1.84. The Morgan fingerprint density at radius 2 is 2.50 bits per heavy atom. The smallest absolute Gasteiger partial charge is 0.224 e. The molecule has 0 saturated carbocycles. The van der Waals surface area contributed by atoms with Crippen molar-refractivity contribution in [3.8, 4) is 0 Å². The maximum absolute atomic E-state index is 11.0. The highest BCUT2D eigenvalue weighted by Gasteiger charge is 2.23. The van der Waals surface area contributed by atoms with Gasteiger partial charge in [-0.1, -0.05) is 0 Å². The number of nitrogens with zero attached hydrogens (tertiary/aromatic N) is 1. The van der Waals surface area contributed by atoms with E-state index in [1.54, 1.807) is 0 Å². The van der Waals surface area contributed by atoms with Crippen LogP contribution in [0.4, 0.5) is 0 Å². The van der Waals surface area contributed by atoms with Crippen molar-refractivity contribution in [2.45, 2.75) is 32.2 Å². The van der Waals surface area contributed by atoms with Gasteiger partial charge in [0.15, 0.2) is 0 Å². The first-order valence-electron chi connectivity index (χ1n) is 3.66. The molecule has 1 amide bonds. The lowest BCUT2D eigenvalue weighted by atomic mass is 10.0. The Bertz CT molecular complexity index is 136. The fourth-order valence-electron chi connectivity index (χ4n) is 1.31. The summed E-state index contributed by atoms with van der Waals surface area (Å²) in [5.41, 5.74) is 0. The van der Waals surface area contributed by atoms with Gasteiger partial charge in [-0.05, 0) is 19.8 Å². The predicted octanol–water partition coefficient (Wildman–Crippen LogP) is 0.337. The van der Waals surface area contributed by atoms with Crippen molar-refractivity contribution >= 4 is 5.91 Å². The molecule has 3 heteroatoms. The Morgan fingerprint density at radius 1 is 1.80 bits per heavy atom. The third-order valence-electron chi connectivity index (χ3n) is 2.02. The van der Waals surface area contributed by atoms with Crippen LogP contribution in [0.15, 0.2) is 0 Å². The number of amides is 1. The molecule has 0 bridgehead atoms. The lowest BCUT2D eigenvalue weighted by molar-refractivity contribution is -0.140. The lowest BCUT2D eigenvalue weighted by Gasteiger charge is -2.31. The van der Waals surface area contributed by atoms with Gasteiger partial charge in [0.1, 0.15) is 6.73 Å². The van der Waals surface area contributed by atoms with Gasteiger partial charge in [-0.2, -0.15) is 0 Å². The van der Waals surface area contributed by atoms with E-state index in [4.69, 9.17) is 5.11 Å². The van der Waals surface area contributed by atoms with Gasteiger partial charge >= 0.3 is 0 Å². The largest absolute Gasteiger partial charge is 0.376 e. The van der Waals surface area contributed by atoms with E-state index in [1.807, 2.05) is 6.92 Å². The molecule has 1 unspecified atom stereocenters. The highest BCUT2D eigenvalue weighted by atomic mass is 16.3. The lowest BCUT2D eigenvalue weighted by Crippen LogP contribution is -2.42.